The number of rotatable bonds is 6. The minimum Gasteiger partial charge on any atom is -0.381 e. The molecule has 3 aromatic rings. The first-order chi connectivity index (χ1) is 15.8. The Morgan fingerprint density at radius 2 is 1.91 bits per heavy atom. The summed E-state index contributed by atoms with van der Waals surface area (Å²) in [6.07, 6.45) is 0.444. The molecule has 1 aromatic carbocycles. The molecule has 1 atom stereocenters. The average Bonchev–Trinajstić information content (AvgIpc) is 3.23. The van der Waals surface area contributed by atoms with Gasteiger partial charge in [-0.15, -0.1) is 0 Å². The number of hydrogen-bond acceptors (Lipinski definition) is 5. The summed E-state index contributed by atoms with van der Waals surface area (Å²) in [6, 6.07) is 4.44. The van der Waals surface area contributed by atoms with Gasteiger partial charge in [0.25, 0.3) is 5.91 Å². The quantitative estimate of drug-likeness (QED) is 0.563. The molecule has 1 saturated heterocycles. The van der Waals surface area contributed by atoms with E-state index in [1.54, 1.807) is 17.8 Å². The van der Waals surface area contributed by atoms with Crippen LogP contribution >= 0.6 is 0 Å². The largest absolute Gasteiger partial charge is 0.416 e. The van der Waals surface area contributed by atoms with Crippen LogP contribution in [-0.2, 0) is 17.5 Å². The summed E-state index contributed by atoms with van der Waals surface area (Å²) < 4.78 is 45.7. The Labute approximate surface area is 189 Å². The number of nitrogens with zero attached hydrogens (tertiary/aromatic N) is 3. The zero-order valence-corrected chi connectivity index (χ0v) is 18.4. The molecule has 0 radical (unpaired) electrons. The molecular weight excluding hydrogens is 435 g/mol. The molecule has 0 spiro atoms. The lowest BCUT2D eigenvalue weighted by Gasteiger charge is -2.26. The third kappa shape index (κ3) is 4.95. The molecule has 7 nitrogen and oxygen atoms in total. The summed E-state index contributed by atoms with van der Waals surface area (Å²) in [4.78, 5) is 17.7. The lowest BCUT2D eigenvalue weighted by Crippen LogP contribution is -2.31. The Hall–Kier alpha value is -3.14. The van der Waals surface area contributed by atoms with Crippen LogP contribution in [0.1, 0.15) is 54.2 Å². The van der Waals surface area contributed by atoms with Gasteiger partial charge < -0.3 is 15.4 Å². The van der Waals surface area contributed by atoms with E-state index in [2.05, 4.69) is 20.7 Å². The van der Waals surface area contributed by atoms with Crippen molar-refractivity contribution in [1.82, 2.24) is 20.1 Å². The molecule has 1 aliphatic rings. The first-order valence-electron chi connectivity index (χ1n) is 10.9. The Morgan fingerprint density at radius 1 is 1.21 bits per heavy atom. The van der Waals surface area contributed by atoms with E-state index in [0.717, 1.165) is 30.4 Å². The molecule has 33 heavy (non-hydrogen) atoms. The molecule has 1 unspecified atom stereocenters. The number of pyridine rings is 1. The summed E-state index contributed by atoms with van der Waals surface area (Å²) in [5.41, 5.74) is 1.55. The fourth-order valence-electron chi connectivity index (χ4n) is 3.95. The zero-order valence-electron chi connectivity index (χ0n) is 18.4. The second-order valence-corrected chi connectivity index (χ2v) is 8.09. The van der Waals surface area contributed by atoms with Crippen molar-refractivity contribution in [3.05, 3.63) is 53.3 Å². The first kappa shape index (κ1) is 23.0. The Morgan fingerprint density at radius 3 is 2.55 bits per heavy atom. The molecule has 176 valence electrons. The van der Waals surface area contributed by atoms with Crippen molar-refractivity contribution in [3.63, 3.8) is 0 Å². The predicted molar refractivity (Wildman–Crippen MR) is 118 cm³/mol. The first-order valence-corrected chi connectivity index (χ1v) is 10.9. The van der Waals surface area contributed by atoms with Crippen LogP contribution in [0.3, 0.4) is 0 Å². The van der Waals surface area contributed by atoms with Crippen molar-refractivity contribution in [2.75, 3.05) is 18.5 Å². The number of fused-ring (bicyclic) bond motifs is 1. The molecule has 2 N–H and O–H groups in total. The molecule has 0 saturated carbocycles. The SMILES string of the molecule is CCn1ncc2c(NC3CCOCC3)c(C(=O)NC(C)c3ccc(C(F)(F)F)cc3)cnc21. The third-order valence-corrected chi connectivity index (χ3v) is 5.87. The van der Waals surface area contributed by atoms with E-state index < -0.39 is 17.8 Å². The maximum absolute atomic E-state index is 13.2. The molecule has 1 fully saturated rings. The molecule has 2 aromatic heterocycles. The van der Waals surface area contributed by atoms with Crippen molar-refractivity contribution in [2.24, 2.45) is 0 Å². The van der Waals surface area contributed by atoms with Gasteiger partial charge in [-0.25, -0.2) is 9.67 Å². The highest BCUT2D eigenvalue weighted by atomic mass is 19.4. The smallest absolute Gasteiger partial charge is 0.381 e. The number of aromatic nitrogens is 3. The van der Waals surface area contributed by atoms with E-state index in [1.807, 2.05) is 6.92 Å². The number of benzene rings is 1. The topological polar surface area (TPSA) is 81.1 Å². The van der Waals surface area contributed by atoms with Crippen molar-refractivity contribution in [3.8, 4) is 0 Å². The molecular formula is C23H26F3N5O2. The van der Waals surface area contributed by atoms with Crippen LogP contribution in [0, 0.1) is 0 Å². The van der Waals surface area contributed by atoms with Gasteiger partial charge in [-0.05, 0) is 44.4 Å². The molecule has 3 heterocycles. The molecule has 0 aliphatic carbocycles. The number of carbonyl (C=O) groups is 1. The van der Waals surface area contributed by atoms with Crippen molar-refractivity contribution in [1.29, 1.82) is 0 Å². The second-order valence-electron chi connectivity index (χ2n) is 8.09. The third-order valence-electron chi connectivity index (χ3n) is 5.87. The zero-order chi connectivity index (χ0) is 23.6. The van der Waals surface area contributed by atoms with E-state index in [4.69, 9.17) is 4.74 Å². The van der Waals surface area contributed by atoms with Gasteiger partial charge in [0.2, 0.25) is 0 Å². The van der Waals surface area contributed by atoms with Crippen LogP contribution in [0.25, 0.3) is 11.0 Å². The van der Waals surface area contributed by atoms with E-state index in [0.29, 0.717) is 42.2 Å². The van der Waals surface area contributed by atoms with Crippen molar-refractivity contribution in [2.45, 2.75) is 51.5 Å². The van der Waals surface area contributed by atoms with E-state index in [-0.39, 0.29) is 11.9 Å². The number of carbonyl (C=O) groups excluding carboxylic acids is 1. The standard InChI is InChI=1S/C23H26F3N5O2/c1-3-31-21-18(13-28-31)20(30-17-8-10-33-11-9-17)19(12-27-21)22(32)29-14(2)15-4-6-16(7-5-15)23(24,25)26/h4-7,12-14,17H,3,8-11H2,1-2H3,(H,27,30)(H,29,32). The van der Waals surface area contributed by atoms with Gasteiger partial charge in [0.15, 0.2) is 5.65 Å². The van der Waals surface area contributed by atoms with Crippen molar-refractivity contribution >= 4 is 22.6 Å². The number of aryl methyl sites for hydroxylation is 1. The van der Waals surface area contributed by atoms with Gasteiger partial charge >= 0.3 is 6.18 Å². The minimum atomic E-state index is -4.40. The summed E-state index contributed by atoms with van der Waals surface area (Å²) in [5, 5.41) is 11.5. The number of alkyl halides is 3. The minimum absolute atomic E-state index is 0.146. The number of hydrogen-bond donors (Lipinski definition) is 2. The van der Waals surface area contributed by atoms with Crippen molar-refractivity contribution < 1.29 is 22.7 Å². The van der Waals surface area contributed by atoms with Crippen LogP contribution < -0.4 is 10.6 Å². The van der Waals surface area contributed by atoms with Crippen LogP contribution in [0.4, 0.5) is 18.9 Å². The average molecular weight is 461 g/mol. The lowest BCUT2D eigenvalue weighted by molar-refractivity contribution is -0.137. The number of halogens is 3. The highest BCUT2D eigenvalue weighted by Gasteiger charge is 2.30. The van der Waals surface area contributed by atoms with Crippen LogP contribution in [-0.4, -0.2) is 39.9 Å². The van der Waals surface area contributed by atoms with Crippen LogP contribution in [0.5, 0.6) is 0 Å². The van der Waals surface area contributed by atoms with Crippen LogP contribution in [0.2, 0.25) is 0 Å². The molecule has 10 heteroatoms. The summed E-state index contributed by atoms with van der Waals surface area (Å²) in [6.45, 7) is 5.63. The normalized spacial score (nSPS) is 16.0. The number of anilines is 1. The predicted octanol–water partition coefficient (Wildman–Crippen LogP) is 4.55. The van der Waals surface area contributed by atoms with Gasteiger partial charge in [-0.1, -0.05) is 12.1 Å². The molecule has 1 aliphatic heterocycles. The molecule has 4 rings (SSSR count). The van der Waals surface area contributed by atoms with Gasteiger partial charge in [-0.3, -0.25) is 4.79 Å². The Bertz CT molecular complexity index is 1120. The fourth-order valence-corrected chi connectivity index (χ4v) is 3.95. The van der Waals surface area contributed by atoms with E-state index in [9.17, 15) is 18.0 Å². The molecule has 0 bridgehead atoms. The number of ether oxygens (including phenoxy) is 1. The van der Waals surface area contributed by atoms with E-state index >= 15 is 0 Å². The lowest BCUT2D eigenvalue weighted by atomic mass is 10.0. The van der Waals surface area contributed by atoms with Gasteiger partial charge in [0.05, 0.1) is 34.4 Å². The van der Waals surface area contributed by atoms with Crippen LogP contribution in [0.15, 0.2) is 36.7 Å². The molecule has 1 amide bonds. The summed E-state index contributed by atoms with van der Waals surface area (Å²) >= 11 is 0. The fraction of sp³-hybridized carbons (Fsp3) is 0.435. The number of amides is 1. The summed E-state index contributed by atoms with van der Waals surface area (Å²) in [5.74, 6) is -0.365. The highest BCUT2D eigenvalue weighted by molar-refractivity contribution is 6.06. The number of nitrogens with one attached hydrogen (secondary N) is 2. The second kappa shape index (κ2) is 9.38. The summed E-state index contributed by atoms with van der Waals surface area (Å²) in [7, 11) is 0. The maximum Gasteiger partial charge on any atom is 0.416 e. The monoisotopic (exact) mass is 461 g/mol. The Balaban J connectivity index is 1.60. The van der Waals surface area contributed by atoms with E-state index in [1.165, 1.54) is 18.3 Å². The van der Waals surface area contributed by atoms with Gasteiger partial charge in [-0.2, -0.15) is 18.3 Å². The van der Waals surface area contributed by atoms with Gasteiger partial charge in [0, 0.05) is 32.0 Å². The van der Waals surface area contributed by atoms with Gasteiger partial charge in [0.1, 0.15) is 0 Å². The Kier molecular flexibility index (Phi) is 6.55. The highest BCUT2D eigenvalue weighted by Crippen LogP contribution is 2.31. The maximum atomic E-state index is 13.2.